The SMILES string of the molecule is C#CCn1c(=NC(=O)CC2CCCCC2)sc2cc(S(C)(=O)=O)ccc21. The van der Waals surface area contributed by atoms with Crippen molar-refractivity contribution in [2.45, 2.75) is 50.0 Å². The molecule has 0 atom stereocenters. The Balaban J connectivity index is 1.99. The molecule has 1 heterocycles. The lowest BCUT2D eigenvalue weighted by molar-refractivity contribution is -0.119. The molecule has 3 rings (SSSR count). The summed E-state index contributed by atoms with van der Waals surface area (Å²) in [6, 6.07) is 4.90. The minimum atomic E-state index is -3.29. The number of benzene rings is 1. The van der Waals surface area contributed by atoms with Crippen molar-refractivity contribution in [2.24, 2.45) is 10.9 Å². The van der Waals surface area contributed by atoms with Gasteiger partial charge in [0, 0.05) is 12.7 Å². The van der Waals surface area contributed by atoms with Crippen LogP contribution in [0, 0.1) is 18.3 Å². The predicted molar refractivity (Wildman–Crippen MR) is 104 cm³/mol. The van der Waals surface area contributed by atoms with E-state index in [0.29, 0.717) is 17.1 Å². The molecule has 0 spiro atoms. The first kappa shape index (κ1) is 18.9. The molecule has 1 aliphatic rings. The zero-order chi connectivity index (χ0) is 18.7. The average Bonchev–Trinajstić information content (AvgIpc) is 2.92. The van der Waals surface area contributed by atoms with Crippen molar-refractivity contribution in [1.29, 1.82) is 0 Å². The number of fused-ring (bicyclic) bond motifs is 1. The van der Waals surface area contributed by atoms with E-state index in [0.717, 1.165) is 23.1 Å². The highest BCUT2D eigenvalue weighted by Gasteiger charge is 2.17. The fourth-order valence-electron chi connectivity index (χ4n) is 3.40. The maximum atomic E-state index is 12.4. The van der Waals surface area contributed by atoms with Gasteiger partial charge in [0.2, 0.25) is 5.91 Å². The third-order valence-electron chi connectivity index (χ3n) is 4.74. The van der Waals surface area contributed by atoms with Crippen LogP contribution in [0.4, 0.5) is 0 Å². The number of nitrogens with zero attached hydrogens (tertiary/aromatic N) is 2. The first-order valence-electron chi connectivity index (χ1n) is 8.73. The van der Waals surface area contributed by atoms with Gasteiger partial charge in [-0.05, 0) is 37.0 Å². The average molecular weight is 391 g/mol. The van der Waals surface area contributed by atoms with Crippen molar-refractivity contribution in [1.82, 2.24) is 4.57 Å². The number of aromatic nitrogens is 1. The molecular formula is C19H22N2O3S2. The summed E-state index contributed by atoms with van der Waals surface area (Å²) in [5.41, 5.74) is 0.796. The molecule has 2 aromatic rings. The zero-order valence-corrected chi connectivity index (χ0v) is 16.4. The predicted octanol–water partition coefficient (Wildman–Crippen LogP) is 3.14. The second-order valence-electron chi connectivity index (χ2n) is 6.79. The number of carbonyl (C=O) groups is 1. The monoisotopic (exact) mass is 390 g/mol. The first-order chi connectivity index (χ1) is 12.4. The summed E-state index contributed by atoms with van der Waals surface area (Å²) in [5, 5.41) is 0. The molecule has 5 nitrogen and oxygen atoms in total. The Kier molecular flexibility index (Phi) is 5.64. The Labute approximate surface area is 157 Å². The van der Waals surface area contributed by atoms with Crippen LogP contribution in [0.3, 0.4) is 0 Å². The Bertz CT molecular complexity index is 1030. The van der Waals surface area contributed by atoms with Crippen LogP contribution in [-0.2, 0) is 21.2 Å². The molecule has 138 valence electrons. The molecular weight excluding hydrogens is 368 g/mol. The van der Waals surface area contributed by atoms with E-state index in [-0.39, 0.29) is 17.3 Å². The Morgan fingerprint density at radius 2 is 2.08 bits per heavy atom. The van der Waals surface area contributed by atoms with Crippen molar-refractivity contribution >= 4 is 37.3 Å². The van der Waals surface area contributed by atoms with Crippen molar-refractivity contribution in [2.75, 3.05) is 6.26 Å². The van der Waals surface area contributed by atoms with Crippen LogP contribution in [-0.4, -0.2) is 25.1 Å². The maximum absolute atomic E-state index is 12.4. The quantitative estimate of drug-likeness (QED) is 0.753. The van der Waals surface area contributed by atoms with E-state index in [4.69, 9.17) is 6.42 Å². The maximum Gasteiger partial charge on any atom is 0.248 e. The van der Waals surface area contributed by atoms with Crippen LogP contribution in [0.5, 0.6) is 0 Å². The summed E-state index contributed by atoms with van der Waals surface area (Å²) in [7, 11) is -3.29. The van der Waals surface area contributed by atoms with Gasteiger partial charge in [0.15, 0.2) is 14.6 Å². The summed E-state index contributed by atoms with van der Waals surface area (Å²) in [5.74, 6) is 2.88. The molecule has 1 aromatic carbocycles. The lowest BCUT2D eigenvalue weighted by Crippen LogP contribution is -2.18. The standard InChI is InChI=1S/C19H22N2O3S2/c1-3-11-21-16-10-9-15(26(2,23)24)13-17(16)25-19(21)20-18(22)12-14-7-5-4-6-8-14/h1,9-10,13-14H,4-8,11-12H2,2H3. The van der Waals surface area contributed by atoms with Crippen LogP contribution in [0.15, 0.2) is 28.1 Å². The molecule has 1 fully saturated rings. The van der Waals surface area contributed by atoms with Crippen molar-refractivity contribution in [3.8, 4) is 12.3 Å². The van der Waals surface area contributed by atoms with Gasteiger partial charge in [0.1, 0.15) is 0 Å². The highest BCUT2D eigenvalue weighted by atomic mass is 32.2. The second-order valence-corrected chi connectivity index (χ2v) is 9.82. The summed E-state index contributed by atoms with van der Waals surface area (Å²) < 4.78 is 26.1. The summed E-state index contributed by atoms with van der Waals surface area (Å²) in [6.07, 6.45) is 12.9. The van der Waals surface area contributed by atoms with E-state index >= 15 is 0 Å². The van der Waals surface area contributed by atoms with E-state index in [2.05, 4.69) is 10.9 Å². The lowest BCUT2D eigenvalue weighted by atomic mass is 9.87. The molecule has 1 saturated carbocycles. The molecule has 7 heteroatoms. The second kappa shape index (κ2) is 7.77. The van der Waals surface area contributed by atoms with Gasteiger partial charge >= 0.3 is 0 Å². The van der Waals surface area contributed by atoms with E-state index in [9.17, 15) is 13.2 Å². The Hall–Kier alpha value is -1.91. The number of hydrogen-bond donors (Lipinski definition) is 0. The number of thiazole rings is 1. The number of sulfone groups is 1. The molecule has 1 aliphatic carbocycles. The highest BCUT2D eigenvalue weighted by molar-refractivity contribution is 7.90. The van der Waals surface area contributed by atoms with Gasteiger partial charge in [-0.3, -0.25) is 4.79 Å². The van der Waals surface area contributed by atoms with E-state index in [1.165, 1.54) is 36.9 Å². The Morgan fingerprint density at radius 1 is 1.35 bits per heavy atom. The topological polar surface area (TPSA) is 68.5 Å². The van der Waals surface area contributed by atoms with Crippen LogP contribution in [0.25, 0.3) is 10.2 Å². The molecule has 26 heavy (non-hydrogen) atoms. The minimum Gasteiger partial charge on any atom is -0.305 e. The van der Waals surface area contributed by atoms with Gasteiger partial charge in [0.25, 0.3) is 0 Å². The molecule has 0 bridgehead atoms. The fourth-order valence-corrected chi connectivity index (χ4v) is 5.21. The van der Waals surface area contributed by atoms with Gasteiger partial charge in [-0.25, -0.2) is 8.42 Å². The molecule has 0 radical (unpaired) electrons. The van der Waals surface area contributed by atoms with E-state index in [1.54, 1.807) is 22.8 Å². The van der Waals surface area contributed by atoms with E-state index < -0.39 is 9.84 Å². The molecule has 1 aromatic heterocycles. The fraction of sp³-hybridized carbons (Fsp3) is 0.474. The van der Waals surface area contributed by atoms with Crippen LogP contribution < -0.4 is 4.80 Å². The third kappa shape index (κ3) is 4.25. The lowest BCUT2D eigenvalue weighted by Gasteiger charge is -2.19. The summed E-state index contributed by atoms with van der Waals surface area (Å²) in [6.45, 7) is 0.285. The molecule has 0 N–H and O–H groups in total. The minimum absolute atomic E-state index is 0.127. The van der Waals surface area contributed by atoms with Crippen LogP contribution >= 0.6 is 11.3 Å². The number of rotatable bonds is 4. The summed E-state index contributed by atoms with van der Waals surface area (Å²) >= 11 is 1.30. The van der Waals surface area contributed by atoms with Gasteiger partial charge in [-0.1, -0.05) is 36.5 Å². The number of amides is 1. The van der Waals surface area contributed by atoms with Gasteiger partial charge in [0.05, 0.1) is 21.7 Å². The summed E-state index contributed by atoms with van der Waals surface area (Å²) in [4.78, 5) is 17.5. The van der Waals surface area contributed by atoms with Crippen LogP contribution in [0.2, 0.25) is 0 Å². The van der Waals surface area contributed by atoms with E-state index in [1.807, 2.05) is 0 Å². The van der Waals surface area contributed by atoms with Gasteiger partial charge in [-0.2, -0.15) is 4.99 Å². The zero-order valence-electron chi connectivity index (χ0n) is 14.8. The van der Waals surface area contributed by atoms with Gasteiger partial charge < -0.3 is 4.57 Å². The first-order valence-corrected chi connectivity index (χ1v) is 11.4. The van der Waals surface area contributed by atoms with Crippen molar-refractivity contribution in [3.63, 3.8) is 0 Å². The smallest absolute Gasteiger partial charge is 0.248 e. The van der Waals surface area contributed by atoms with Gasteiger partial charge in [-0.15, -0.1) is 6.42 Å². The number of carbonyl (C=O) groups excluding carboxylic acids is 1. The number of hydrogen-bond acceptors (Lipinski definition) is 4. The van der Waals surface area contributed by atoms with Crippen molar-refractivity contribution < 1.29 is 13.2 Å². The largest absolute Gasteiger partial charge is 0.305 e. The Morgan fingerprint density at radius 3 is 2.73 bits per heavy atom. The molecule has 0 saturated heterocycles. The molecule has 0 unspecified atom stereocenters. The molecule has 0 aliphatic heterocycles. The highest BCUT2D eigenvalue weighted by Crippen LogP contribution is 2.26. The number of terminal acetylenes is 1. The van der Waals surface area contributed by atoms with Crippen LogP contribution in [0.1, 0.15) is 38.5 Å². The normalized spacial score (nSPS) is 16.7. The molecule has 1 amide bonds. The van der Waals surface area contributed by atoms with Crippen molar-refractivity contribution in [3.05, 3.63) is 23.0 Å². The third-order valence-corrected chi connectivity index (χ3v) is 6.89.